The number of benzene rings is 2. The predicted octanol–water partition coefficient (Wildman–Crippen LogP) is 12.4. The molecular formula is C46H40N4S. The van der Waals surface area contributed by atoms with Gasteiger partial charge in [0.1, 0.15) is 0 Å². The molecule has 0 spiro atoms. The van der Waals surface area contributed by atoms with E-state index in [4.69, 9.17) is 19.9 Å². The fourth-order valence-corrected chi connectivity index (χ4v) is 8.21. The Morgan fingerprint density at radius 2 is 1.39 bits per heavy atom. The van der Waals surface area contributed by atoms with E-state index in [-0.39, 0.29) is 0 Å². The maximum absolute atomic E-state index is 5.40. The summed E-state index contributed by atoms with van der Waals surface area (Å²) in [5.41, 5.74) is 9.48. The number of fused-ring (bicyclic) bond motifs is 3. The van der Waals surface area contributed by atoms with Gasteiger partial charge in [0.15, 0.2) is 17.5 Å². The molecule has 2 heterocycles. The summed E-state index contributed by atoms with van der Waals surface area (Å²) in [5, 5.41) is 2.40. The van der Waals surface area contributed by atoms with Gasteiger partial charge in [0.05, 0.1) is 11.4 Å². The van der Waals surface area contributed by atoms with Gasteiger partial charge in [0.25, 0.3) is 0 Å². The smallest absolute Gasteiger partial charge is 0.164 e. The molecule has 0 aliphatic heterocycles. The maximum Gasteiger partial charge on any atom is 0.164 e. The molecule has 2 aromatic heterocycles. The van der Waals surface area contributed by atoms with Crippen LogP contribution in [0.2, 0.25) is 0 Å². The highest BCUT2D eigenvalue weighted by molar-refractivity contribution is 7.26. The molecule has 0 saturated heterocycles. The maximum atomic E-state index is 5.40. The van der Waals surface area contributed by atoms with E-state index in [2.05, 4.69) is 116 Å². The van der Waals surface area contributed by atoms with Crippen LogP contribution in [-0.2, 0) is 0 Å². The highest BCUT2D eigenvalue weighted by Gasteiger charge is 2.22. The number of nitrogens with zero attached hydrogens (tertiary/aromatic N) is 4. The molecule has 4 aliphatic rings. The van der Waals surface area contributed by atoms with Gasteiger partial charge >= 0.3 is 0 Å². The summed E-state index contributed by atoms with van der Waals surface area (Å²) in [6.45, 7) is 7.99. The number of allylic oxidation sites excluding steroid dienone is 19. The highest BCUT2D eigenvalue weighted by atomic mass is 32.1. The predicted molar refractivity (Wildman–Crippen MR) is 219 cm³/mol. The molecule has 0 fully saturated rings. The van der Waals surface area contributed by atoms with Crippen molar-refractivity contribution in [2.45, 2.75) is 51.4 Å². The van der Waals surface area contributed by atoms with Gasteiger partial charge in [-0.1, -0.05) is 110 Å². The monoisotopic (exact) mass is 680 g/mol. The number of hydrogen-bond acceptors (Lipinski definition) is 5. The van der Waals surface area contributed by atoms with Crippen molar-refractivity contribution in [3.05, 3.63) is 169 Å². The summed E-state index contributed by atoms with van der Waals surface area (Å²) in [5.74, 6) is 1.85. The SMILES string of the molecule is C=C/C=C(\C=C)c1nc(C2=CCCC=C2)nc(-c2cc(C(=NC3=CCCC=C3)C3=CCCC=C3)c3sc4cc(C5=CCCC=C5)ccc4c3c2)n1. The van der Waals surface area contributed by atoms with E-state index in [1.165, 1.54) is 31.3 Å². The summed E-state index contributed by atoms with van der Waals surface area (Å²) >= 11 is 1.84. The first kappa shape index (κ1) is 32.7. The van der Waals surface area contributed by atoms with Crippen LogP contribution >= 0.6 is 11.3 Å². The molecule has 0 saturated carbocycles. The van der Waals surface area contributed by atoms with Gasteiger partial charge in [-0.15, -0.1) is 11.3 Å². The lowest BCUT2D eigenvalue weighted by Gasteiger charge is -2.16. The molecule has 0 N–H and O–H groups in total. The fourth-order valence-electron chi connectivity index (χ4n) is 6.97. The first-order valence-electron chi connectivity index (χ1n) is 18.0. The normalized spacial score (nSPS) is 17.7. The summed E-state index contributed by atoms with van der Waals surface area (Å²) < 4.78 is 2.46. The molecule has 0 amide bonds. The zero-order chi connectivity index (χ0) is 34.6. The lowest BCUT2D eigenvalue weighted by atomic mass is 9.93. The molecule has 5 heteroatoms. The van der Waals surface area contributed by atoms with Crippen LogP contribution in [-0.4, -0.2) is 20.7 Å². The molecule has 4 aliphatic carbocycles. The van der Waals surface area contributed by atoms with Crippen molar-refractivity contribution in [1.29, 1.82) is 0 Å². The quantitative estimate of drug-likeness (QED) is 0.131. The van der Waals surface area contributed by atoms with E-state index in [9.17, 15) is 0 Å². The van der Waals surface area contributed by atoms with Crippen molar-refractivity contribution in [3.63, 3.8) is 0 Å². The molecule has 51 heavy (non-hydrogen) atoms. The molecule has 2 aromatic carbocycles. The largest absolute Gasteiger partial charge is 0.248 e. The highest BCUT2D eigenvalue weighted by Crippen LogP contribution is 2.41. The number of aromatic nitrogens is 3. The van der Waals surface area contributed by atoms with Crippen LogP contribution in [0.4, 0.5) is 0 Å². The Kier molecular flexibility index (Phi) is 9.46. The van der Waals surface area contributed by atoms with E-state index in [1.807, 2.05) is 17.4 Å². The van der Waals surface area contributed by atoms with E-state index in [0.717, 1.165) is 90.6 Å². The summed E-state index contributed by atoms with van der Waals surface area (Å²) in [6.07, 6.45) is 40.5. The van der Waals surface area contributed by atoms with Gasteiger partial charge in [-0.05, 0) is 92.4 Å². The topological polar surface area (TPSA) is 51.0 Å². The Labute approximate surface area is 304 Å². The van der Waals surface area contributed by atoms with Crippen LogP contribution in [0, 0.1) is 0 Å². The minimum atomic E-state index is 0.573. The molecule has 0 radical (unpaired) electrons. The van der Waals surface area contributed by atoms with Crippen LogP contribution in [0.3, 0.4) is 0 Å². The van der Waals surface area contributed by atoms with Gasteiger partial charge in [-0.25, -0.2) is 19.9 Å². The number of thiophene rings is 1. The summed E-state index contributed by atoms with van der Waals surface area (Å²) in [6, 6.07) is 11.4. The van der Waals surface area contributed by atoms with Crippen molar-refractivity contribution in [3.8, 4) is 11.4 Å². The Hall–Kier alpha value is -5.52. The molecule has 4 aromatic rings. The van der Waals surface area contributed by atoms with E-state index in [0.29, 0.717) is 17.5 Å². The van der Waals surface area contributed by atoms with Crippen LogP contribution in [0.5, 0.6) is 0 Å². The molecule has 8 rings (SSSR count). The average Bonchev–Trinajstić information content (AvgIpc) is 3.58. The molecule has 0 unspecified atom stereocenters. The van der Waals surface area contributed by atoms with Gasteiger partial charge in [0.2, 0.25) is 0 Å². The van der Waals surface area contributed by atoms with Crippen molar-refractivity contribution in [2.75, 3.05) is 0 Å². The third-order valence-electron chi connectivity index (χ3n) is 9.56. The van der Waals surface area contributed by atoms with E-state index in [1.54, 1.807) is 12.2 Å². The number of hydrogen-bond donors (Lipinski definition) is 0. The molecule has 4 nitrogen and oxygen atoms in total. The first-order chi connectivity index (χ1) is 25.2. The Balaban J connectivity index is 1.41. The third-order valence-corrected chi connectivity index (χ3v) is 10.8. The summed E-state index contributed by atoms with van der Waals surface area (Å²) in [4.78, 5) is 20.6. The van der Waals surface area contributed by atoms with Crippen LogP contribution in [0.1, 0.15) is 74.1 Å². The Bertz CT molecular complexity index is 2400. The number of rotatable bonds is 9. The third kappa shape index (κ3) is 6.82. The van der Waals surface area contributed by atoms with Crippen LogP contribution < -0.4 is 0 Å². The zero-order valence-corrected chi connectivity index (χ0v) is 29.6. The van der Waals surface area contributed by atoms with E-state index >= 15 is 0 Å². The average molecular weight is 681 g/mol. The standard InChI is InChI=1S/C46H40N4S/c1-3-17-31(4-2)44-48-45(34-22-13-7-14-23-34)50-46(49-44)36-28-39-38-27-26-35(32-18-9-5-10-19-32)30-41(38)51-43(39)40(29-36)42(33-20-11-6-12-21-33)47-37-24-15-8-16-25-37/h3-4,9,11,13,15,17-30H,1-2,5-8,10,12,14,16H2/b31-17+,47-42?. The van der Waals surface area contributed by atoms with Crippen molar-refractivity contribution < 1.29 is 0 Å². The number of aliphatic imine (C=N–C) groups is 1. The van der Waals surface area contributed by atoms with Gasteiger partial charge < -0.3 is 0 Å². The summed E-state index contributed by atoms with van der Waals surface area (Å²) in [7, 11) is 0. The second-order valence-corrected chi connectivity index (χ2v) is 14.1. The van der Waals surface area contributed by atoms with Crippen LogP contribution in [0.15, 0.2) is 151 Å². The second-order valence-electron chi connectivity index (χ2n) is 13.1. The first-order valence-corrected chi connectivity index (χ1v) is 18.8. The van der Waals surface area contributed by atoms with Crippen molar-refractivity contribution in [2.24, 2.45) is 4.99 Å². The zero-order valence-electron chi connectivity index (χ0n) is 28.8. The molecule has 0 bridgehead atoms. The molecule has 0 atom stereocenters. The minimum absolute atomic E-state index is 0.573. The van der Waals surface area contributed by atoms with Gasteiger partial charge in [-0.2, -0.15) is 0 Å². The van der Waals surface area contributed by atoms with Crippen molar-refractivity contribution in [1.82, 2.24) is 15.0 Å². The minimum Gasteiger partial charge on any atom is -0.248 e. The molecule has 250 valence electrons. The Morgan fingerprint density at radius 3 is 2.08 bits per heavy atom. The van der Waals surface area contributed by atoms with E-state index < -0.39 is 0 Å². The van der Waals surface area contributed by atoms with Crippen LogP contribution in [0.25, 0.3) is 48.3 Å². The van der Waals surface area contributed by atoms with Gasteiger partial charge in [-0.3, -0.25) is 0 Å². The Morgan fingerprint density at radius 1 is 0.667 bits per heavy atom. The lowest BCUT2D eigenvalue weighted by Crippen LogP contribution is -2.08. The molecular weight excluding hydrogens is 641 g/mol. The second kappa shape index (κ2) is 14.8. The lowest BCUT2D eigenvalue weighted by molar-refractivity contribution is 0.986. The van der Waals surface area contributed by atoms with Gasteiger partial charge in [0, 0.05) is 42.4 Å². The fraction of sp³-hybridized carbons (Fsp3) is 0.174. The van der Waals surface area contributed by atoms with Crippen molar-refractivity contribution >= 4 is 53.9 Å².